The minimum atomic E-state index is -0.341. The number of amides is 1. The summed E-state index contributed by atoms with van der Waals surface area (Å²) in [6.07, 6.45) is 0. The van der Waals surface area contributed by atoms with E-state index in [1.54, 1.807) is 12.1 Å². The van der Waals surface area contributed by atoms with Crippen molar-refractivity contribution in [2.45, 2.75) is 13.8 Å². The van der Waals surface area contributed by atoms with Gasteiger partial charge in [0.25, 0.3) is 5.91 Å². The number of aliphatic hydroxyl groups excluding tert-OH is 1. The van der Waals surface area contributed by atoms with E-state index in [4.69, 9.17) is 5.11 Å². The van der Waals surface area contributed by atoms with Crippen molar-refractivity contribution in [3.05, 3.63) is 29.8 Å². The number of carbonyl (C=O) groups excluding carboxylic acids is 1. The Balaban J connectivity index is 2.60. The molecule has 0 aromatic heterocycles. The molecule has 0 fully saturated rings. The predicted octanol–water partition coefficient (Wildman–Crippen LogP) is 1.14. The molecule has 0 radical (unpaired) electrons. The summed E-state index contributed by atoms with van der Waals surface area (Å²) in [6.45, 7) is 4.11. The molecular formula is C12H17NO3. The maximum Gasteiger partial charge on any atom is 0.251 e. The number of aliphatic hydroxyl groups is 1. The second-order valence-corrected chi connectivity index (χ2v) is 4.56. The molecule has 0 aliphatic heterocycles. The quantitative estimate of drug-likeness (QED) is 0.717. The van der Waals surface area contributed by atoms with E-state index in [1.807, 2.05) is 13.8 Å². The first-order valence-electron chi connectivity index (χ1n) is 5.13. The molecule has 0 atom stereocenters. The Kier molecular flexibility index (Phi) is 3.90. The minimum Gasteiger partial charge on any atom is -0.508 e. The van der Waals surface area contributed by atoms with Gasteiger partial charge in [0.2, 0.25) is 0 Å². The predicted molar refractivity (Wildman–Crippen MR) is 61.3 cm³/mol. The van der Waals surface area contributed by atoms with Crippen LogP contribution in [0.15, 0.2) is 24.3 Å². The van der Waals surface area contributed by atoms with Gasteiger partial charge in [0.05, 0.1) is 0 Å². The molecular weight excluding hydrogens is 206 g/mol. The molecule has 0 bridgehead atoms. The van der Waals surface area contributed by atoms with E-state index in [0.717, 1.165) is 0 Å². The second kappa shape index (κ2) is 4.99. The minimum absolute atomic E-state index is 0.00726. The highest BCUT2D eigenvalue weighted by Crippen LogP contribution is 2.13. The van der Waals surface area contributed by atoms with Crippen LogP contribution in [0.3, 0.4) is 0 Å². The zero-order chi connectivity index (χ0) is 12.2. The lowest BCUT2D eigenvalue weighted by Crippen LogP contribution is -2.36. The topological polar surface area (TPSA) is 69.6 Å². The maximum absolute atomic E-state index is 11.7. The third-order valence-electron chi connectivity index (χ3n) is 2.26. The number of hydrogen-bond acceptors (Lipinski definition) is 3. The smallest absolute Gasteiger partial charge is 0.251 e. The van der Waals surface area contributed by atoms with Crippen LogP contribution >= 0.6 is 0 Å². The number of hydrogen-bond donors (Lipinski definition) is 3. The van der Waals surface area contributed by atoms with Crippen LogP contribution in [0.5, 0.6) is 5.75 Å². The summed E-state index contributed by atoms with van der Waals surface area (Å²) in [5.41, 5.74) is 0.0701. The first-order valence-corrected chi connectivity index (χ1v) is 5.13. The molecule has 0 unspecified atom stereocenters. The largest absolute Gasteiger partial charge is 0.508 e. The lowest BCUT2D eigenvalue weighted by Gasteiger charge is -2.21. The standard InChI is InChI=1S/C12H17NO3/c1-12(2,8-14)7-13-11(16)9-4-3-5-10(15)6-9/h3-6,14-15H,7-8H2,1-2H3,(H,13,16). The first-order chi connectivity index (χ1) is 7.44. The molecule has 4 nitrogen and oxygen atoms in total. The molecule has 16 heavy (non-hydrogen) atoms. The van der Waals surface area contributed by atoms with E-state index in [-0.39, 0.29) is 23.7 Å². The molecule has 1 aromatic rings. The lowest BCUT2D eigenvalue weighted by molar-refractivity contribution is 0.0910. The molecule has 1 rings (SSSR count). The number of carbonyl (C=O) groups is 1. The fourth-order valence-corrected chi connectivity index (χ4v) is 1.12. The van der Waals surface area contributed by atoms with Gasteiger partial charge in [0.1, 0.15) is 5.75 Å². The Bertz CT molecular complexity index is 374. The average Bonchev–Trinajstić information content (AvgIpc) is 2.26. The van der Waals surface area contributed by atoms with Gasteiger partial charge < -0.3 is 15.5 Å². The van der Waals surface area contributed by atoms with Crippen LogP contribution in [0, 0.1) is 5.41 Å². The molecule has 1 amide bonds. The number of aromatic hydroxyl groups is 1. The normalized spacial score (nSPS) is 11.2. The fraction of sp³-hybridized carbons (Fsp3) is 0.417. The van der Waals surface area contributed by atoms with Crippen molar-refractivity contribution in [1.29, 1.82) is 0 Å². The van der Waals surface area contributed by atoms with Gasteiger partial charge in [-0.2, -0.15) is 0 Å². The molecule has 0 heterocycles. The highest BCUT2D eigenvalue weighted by atomic mass is 16.3. The Morgan fingerprint density at radius 3 is 2.69 bits per heavy atom. The van der Waals surface area contributed by atoms with E-state index < -0.39 is 0 Å². The van der Waals surface area contributed by atoms with Crippen molar-refractivity contribution in [2.24, 2.45) is 5.41 Å². The first kappa shape index (κ1) is 12.5. The van der Waals surface area contributed by atoms with E-state index in [2.05, 4.69) is 5.32 Å². The lowest BCUT2D eigenvalue weighted by atomic mass is 9.95. The summed E-state index contributed by atoms with van der Waals surface area (Å²) in [6, 6.07) is 6.15. The van der Waals surface area contributed by atoms with Gasteiger partial charge in [-0.15, -0.1) is 0 Å². The summed E-state index contributed by atoms with van der Waals surface area (Å²) < 4.78 is 0. The van der Waals surface area contributed by atoms with E-state index >= 15 is 0 Å². The van der Waals surface area contributed by atoms with Crippen LogP contribution in [0.25, 0.3) is 0 Å². The maximum atomic E-state index is 11.7. The van der Waals surface area contributed by atoms with Crippen LogP contribution in [0.2, 0.25) is 0 Å². The molecule has 0 aliphatic carbocycles. The summed E-state index contributed by atoms with van der Waals surface area (Å²) in [7, 11) is 0. The second-order valence-electron chi connectivity index (χ2n) is 4.56. The monoisotopic (exact) mass is 223 g/mol. The number of rotatable bonds is 4. The molecule has 0 saturated carbocycles. The van der Waals surface area contributed by atoms with E-state index in [1.165, 1.54) is 12.1 Å². The molecule has 0 spiro atoms. The molecule has 88 valence electrons. The van der Waals surface area contributed by atoms with Crippen molar-refractivity contribution in [1.82, 2.24) is 5.32 Å². The van der Waals surface area contributed by atoms with Gasteiger partial charge in [-0.05, 0) is 18.2 Å². The molecule has 0 saturated heterocycles. The van der Waals surface area contributed by atoms with Crippen molar-refractivity contribution in [2.75, 3.05) is 13.2 Å². The number of phenols is 1. The highest BCUT2D eigenvalue weighted by Gasteiger charge is 2.17. The molecule has 0 aliphatic rings. The van der Waals surface area contributed by atoms with Crippen molar-refractivity contribution in [3.63, 3.8) is 0 Å². The number of nitrogens with one attached hydrogen (secondary N) is 1. The SMILES string of the molecule is CC(C)(CO)CNC(=O)c1cccc(O)c1. The van der Waals surface area contributed by atoms with Gasteiger partial charge in [-0.25, -0.2) is 0 Å². The van der Waals surface area contributed by atoms with Gasteiger partial charge >= 0.3 is 0 Å². The number of benzene rings is 1. The summed E-state index contributed by atoms with van der Waals surface area (Å²) in [5, 5.41) is 21.0. The molecule has 1 aromatic carbocycles. The van der Waals surface area contributed by atoms with Gasteiger partial charge in [0, 0.05) is 24.1 Å². The zero-order valence-corrected chi connectivity index (χ0v) is 9.53. The Hall–Kier alpha value is -1.55. The van der Waals surface area contributed by atoms with Gasteiger partial charge in [0.15, 0.2) is 0 Å². The zero-order valence-electron chi connectivity index (χ0n) is 9.53. The summed E-state index contributed by atoms with van der Waals surface area (Å²) in [4.78, 5) is 11.7. The van der Waals surface area contributed by atoms with Crippen molar-refractivity contribution in [3.8, 4) is 5.75 Å². The van der Waals surface area contributed by atoms with Gasteiger partial charge in [-0.3, -0.25) is 4.79 Å². The number of phenolic OH excluding ortho intramolecular Hbond substituents is 1. The van der Waals surface area contributed by atoms with Crippen LogP contribution in [0.4, 0.5) is 0 Å². The van der Waals surface area contributed by atoms with E-state index in [0.29, 0.717) is 12.1 Å². The summed E-state index contributed by atoms with van der Waals surface area (Å²) >= 11 is 0. The summed E-state index contributed by atoms with van der Waals surface area (Å²) in [5.74, 6) is -0.188. The third-order valence-corrected chi connectivity index (χ3v) is 2.26. The third kappa shape index (κ3) is 3.55. The van der Waals surface area contributed by atoms with Gasteiger partial charge in [-0.1, -0.05) is 19.9 Å². The molecule has 3 N–H and O–H groups in total. The highest BCUT2D eigenvalue weighted by molar-refractivity contribution is 5.94. The van der Waals surface area contributed by atoms with Crippen LogP contribution < -0.4 is 5.32 Å². The van der Waals surface area contributed by atoms with Crippen LogP contribution in [-0.2, 0) is 0 Å². The Labute approximate surface area is 94.9 Å². The van der Waals surface area contributed by atoms with Crippen LogP contribution in [-0.4, -0.2) is 29.3 Å². The Morgan fingerprint density at radius 1 is 1.44 bits per heavy atom. The fourth-order valence-electron chi connectivity index (χ4n) is 1.12. The van der Waals surface area contributed by atoms with Crippen LogP contribution in [0.1, 0.15) is 24.2 Å². The average molecular weight is 223 g/mol. The van der Waals surface area contributed by atoms with E-state index in [9.17, 15) is 9.90 Å². The Morgan fingerprint density at radius 2 is 2.12 bits per heavy atom. The van der Waals surface area contributed by atoms with Crippen molar-refractivity contribution >= 4 is 5.91 Å². The molecule has 4 heteroatoms. The van der Waals surface area contributed by atoms with Crippen molar-refractivity contribution < 1.29 is 15.0 Å².